The second-order valence-electron chi connectivity index (χ2n) is 12.7. The van der Waals surface area contributed by atoms with E-state index in [0.29, 0.717) is 24.5 Å². The second-order valence-corrected chi connectivity index (χ2v) is 12.7. The molecule has 2 aliphatic rings. The Morgan fingerprint density at radius 3 is 2.51 bits per heavy atom. The first-order valence-electron chi connectivity index (χ1n) is 15.1. The molecule has 1 amide bonds. The number of carboxylic acids is 1. The summed E-state index contributed by atoms with van der Waals surface area (Å²) in [5.41, 5.74) is 2.08. The molecule has 226 valence electrons. The van der Waals surface area contributed by atoms with Crippen LogP contribution in [0.25, 0.3) is 0 Å². The summed E-state index contributed by atoms with van der Waals surface area (Å²) in [6, 6.07) is 9.58. The van der Waals surface area contributed by atoms with Crippen LogP contribution in [0.1, 0.15) is 56.2 Å². The molecule has 0 aliphatic carbocycles. The number of quaternary nitrogens is 1. The average molecular weight is 570 g/mol. The molecule has 41 heavy (non-hydrogen) atoms. The number of aryl methyl sites for hydroxylation is 2. The third-order valence-corrected chi connectivity index (χ3v) is 8.59. The summed E-state index contributed by atoms with van der Waals surface area (Å²) in [5.74, 6) is -0.256. The maximum Gasteiger partial charge on any atom is 0.308 e. The van der Waals surface area contributed by atoms with Gasteiger partial charge in [-0.05, 0) is 61.9 Å². The zero-order chi connectivity index (χ0) is 29.6. The largest absolute Gasteiger partial charge is 0.481 e. The van der Waals surface area contributed by atoms with E-state index in [9.17, 15) is 14.7 Å². The van der Waals surface area contributed by atoms with Crippen molar-refractivity contribution in [2.45, 2.75) is 57.4 Å². The number of carbonyl (C=O) groups excluding carboxylic acids is 1. The molecule has 0 bridgehead atoms. The van der Waals surface area contributed by atoms with Gasteiger partial charge in [0.1, 0.15) is 0 Å². The Morgan fingerprint density at radius 2 is 1.83 bits per heavy atom. The van der Waals surface area contributed by atoms with E-state index in [1.165, 1.54) is 0 Å². The fraction of sp³-hybridized carbons (Fsp3) is 0.625. The zero-order valence-electron chi connectivity index (χ0n) is 25.6. The number of amides is 1. The van der Waals surface area contributed by atoms with E-state index >= 15 is 0 Å². The smallest absolute Gasteiger partial charge is 0.308 e. The van der Waals surface area contributed by atoms with Gasteiger partial charge in [0.15, 0.2) is 11.5 Å². The Kier molecular flexibility index (Phi) is 10.4. The molecule has 0 saturated carbocycles. The third kappa shape index (κ3) is 8.04. The number of fused-ring (bicyclic) bond motifs is 1. The van der Waals surface area contributed by atoms with Crippen molar-refractivity contribution < 1.29 is 28.7 Å². The van der Waals surface area contributed by atoms with E-state index in [-0.39, 0.29) is 31.2 Å². The first kappa shape index (κ1) is 30.9. The van der Waals surface area contributed by atoms with Crippen molar-refractivity contribution in [1.82, 2.24) is 14.4 Å². The van der Waals surface area contributed by atoms with Crippen molar-refractivity contribution in [3.8, 4) is 11.5 Å². The SMILES string of the molecule is CCCCN(CCCC[N+](C)(C)C)C(=O)CN1C[C@H](c2ccc3c(c2)OCO3)[C@@H](C(=O)O)[C@@H]1CCc1cccn1C. The summed E-state index contributed by atoms with van der Waals surface area (Å²) >= 11 is 0. The van der Waals surface area contributed by atoms with Gasteiger partial charge in [0.25, 0.3) is 0 Å². The van der Waals surface area contributed by atoms with Gasteiger partial charge in [0.2, 0.25) is 12.7 Å². The molecule has 3 atom stereocenters. The summed E-state index contributed by atoms with van der Waals surface area (Å²) < 4.78 is 14.1. The Labute approximate surface area is 245 Å². The van der Waals surface area contributed by atoms with Crippen molar-refractivity contribution in [3.63, 3.8) is 0 Å². The molecule has 0 unspecified atom stereocenters. The molecule has 2 aliphatic heterocycles. The molecular weight excluding hydrogens is 520 g/mol. The molecule has 3 heterocycles. The quantitative estimate of drug-likeness (QED) is 0.258. The predicted molar refractivity (Wildman–Crippen MR) is 159 cm³/mol. The summed E-state index contributed by atoms with van der Waals surface area (Å²) in [5, 5.41) is 10.5. The van der Waals surface area contributed by atoms with Crippen LogP contribution in [0.5, 0.6) is 11.5 Å². The maximum absolute atomic E-state index is 13.8. The van der Waals surface area contributed by atoms with Crippen LogP contribution in [-0.4, -0.2) is 103 Å². The molecule has 1 N–H and O–H groups in total. The number of carbonyl (C=O) groups is 2. The fourth-order valence-electron chi connectivity index (χ4n) is 6.26. The van der Waals surface area contributed by atoms with Gasteiger partial charge in [-0.2, -0.15) is 0 Å². The number of unbranched alkanes of at least 4 members (excludes halogenated alkanes) is 2. The number of benzene rings is 1. The van der Waals surface area contributed by atoms with Crippen LogP contribution in [0.2, 0.25) is 0 Å². The number of aromatic nitrogens is 1. The van der Waals surface area contributed by atoms with E-state index in [1.807, 2.05) is 42.4 Å². The number of hydrogen-bond donors (Lipinski definition) is 1. The Morgan fingerprint density at radius 1 is 1.07 bits per heavy atom. The lowest BCUT2D eigenvalue weighted by molar-refractivity contribution is -0.870. The molecule has 1 aromatic heterocycles. The van der Waals surface area contributed by atoms with Crippen LogP contribution in [0.3, 0.4) is 0 Å². The van der Waals surface area contributed by atoms with Gasteiger partial charge in [0.05, 0.1) is 40.2 Å². The summed E-state index contributed by atoms with van der Waals surface area (Å²) in [6.45, 7) is 5.64. The highest BCUT2D eigenvalue weighted by atomic mass is 16.7. The molecule has 0 spiro atoms. The predicted octanol–water partition coefficient (Wildman–Crippen LogP) is 3.97. The van der Waals surface area contributed by atoms with Gasteiger partial charge in [-0.15, -0.1) is 0 Å². The van der Waals surface area contributed by atoms with Gasteiger partial charge in [0, 0.05) is 50.5 Å². The van der Waals surface area contributed by atoms with Gasteiger partial charge in [-0.1, -0.05) is 19.4 Å². The van der Waals surface area contributed by atoms with E-state index in [4.69, 9.17) is 9.47 Å². The highest BCUT2D eigenvalue weighted by Crippen LogP contribution is 2.43. The zero-order valence-corrected chi connectivity index (χ0v) is 25.6. The van der Waals surface area contributed by atoms with Crippen molar-refractivity contribution in [3.05, 3.63) is 47.8 Å². The summed E-state index contributed by atoms with van der Waals surface area (Å²) in [6.07, 6.45) is 7.46. The number of carboxylic acid groups (broad SMARTS) is 1. The average Bonchev–Trinajstić information content (AvgIpc) is 3.64. The molecule has 1 saturated heterocycles. The first-order chi connectivity index (χ1) is 19.6. The van der Waals surface area contributed by atoms with Crippen LogP contribution < -0.4 is 9.47 Å². The lowest BCUT2D eigenvalue weighted by atomic mass is 9.83. The monoisotopic (exact) mass is 569 g/mol. The van der Waals surface area contributed by atoms with E-state index < -0.39 is 11.9 Å². The normalized spacial score (nSPS) is 20.5. The van der Waals surface area contributed by atoms with Gasteiger partial charge >= 0.3 is 5.97 Å². The molecule has 4 rings (SSSR count). The topological polar surface area (TPSA) is 84.2 Å². The number of nitrogens with zero attached hydrogens (tertiary/aromatic N) is 4. The van der Waals surface area contributed by atoms with Crippen molar-refractivity contribution in [2.75, 3.05) is 60.7 Å². The minimum atomic E-state index is -0.817. The standard InChI is InChI=1S/C32H48N4O5/c1-6-7-17-34(18-8-9-19-36(3,4)5)30(37)22-35-21-26(24-12-15-28-29(20-24)41-23-40-28)31(32(38)39)27(35)14-13-25-11-10-16-33(25)2/h10-12,15-16,20,26-27,31H,6-9,13-14,17-19,21-23H2,1-5H3/p+1/t26-,27+,31-/m1/s1. The minimum Gasteiger partial charge on any atom is -0.481 e. The lowest BCUT2D eigenvalue weighted by Gasteiger charge is -2.30. The number of likely N-dealkylation sites (tertiary alicyclic amines) is 1. The first-order valence-corrected chi connectivity index (χ1v) is 15.1. The Bertz CT molecular complexity index is 1170. The summed E-state index contributed by atoms with van der Waals surface area (Å²) in [7, 11) is 8.59. The van der Waals surface area contributed by atoms with E-state index in [2.05, 4.69) is 43.6 Å². The highest BCUT2D eigenvalue weighted by molar-refractivity contribution is 5.79. The van der Waals surface area contributed by atoms with Gasteiger partial charge in [-0.3, -0.25) is 14.5 Å². The molecule has 0 radical (unpaired) electrons. The van der Waals surface area contributed by atoms with Crippen molar-refractivity contribution >= 4 is 11.9 Å². The van der Waals surface area contributed by atoms with Crippen LogP contribution in [0.4, 0.5) is 0 Å². The molecule has 2 aromatic rings. The second kappa shape index (κ2) is 13.7. The maximum atomic E-state index is 13.8. The minimum absolute atomic E-state index is 0.100. The van der Waals surface area contributed by atoms with Crippen molar-refractivity contribution in [1.29, 1.82) is 0 Å². The van der Waals surface area contributed by atoms with Gasteiger partial charge in [-0.25, -0.2) is 0 Å². The number of rotatable bonds is 15. The van der Waals surface area contributed by atoms with Crippen LogP contribution in [0, 0.1) is 5.92 Å². The van der Waals surface area contributed by atoms with Crippen molar-refractivity contribution in [2.24, 2.45) is 13.0 Å². The number of aliphatic carboxylic acids is 1. The molecule has 9 nitrogen and oxygen atoms in total. The molecule has 1 fully saturated rings. The fourth-order valence-corrected chi connectivity index (χ4v) is 6.26. The molecular formula is C32H49N4O5+. The van der Waals surface area contributed by atoms with Gasteiger partial charge < -0.3 is 28.5 Å². The Hall–Kier alpha value is -3.04. The van der Waals surface area contributed by atoms with E-state index in [0.717, 1.165) is 67.5 Å². The van der Waals surface area contributed by atoms with Crippen LogP contribution >= 0.6 is 0 Å². The Balaban J connectivity index is 1.54. The lowest BCUT2D eigenvalue weighted by Crippen LogP contribution is -2.45. The summed E-state index contributed by atoms with van der Waals surface area (Å²) in [4.78, 5) is 30.8. The van der Waals surface area contributed by atoms with Crippen LogP contribution in [0.15, 0.2) is 36.5 Å². The van der Waals surface area contributed by atoms with E-state index in [1.54, 1.807) is 0 Å². The van der Waals surface area contributed by atoms with Crippen LogP contribution in [-0.2, 0) is 23.1 Å². The molecule has 1 aromatic carbocycles. The highest BCUT2D eigenvalue weighted by Gasteiger charge is 2.47. The third-order valence-electron chi connectivity index (χ3n) is 8.59. The molecule has 9 heteroatoms. The number of ether oxygens (including phenoxy) is 2. The number of hydrogen-bond acceptors (Lipinski definition) is 5.